The average molecular weight is 535 g/mol. The van der Waals surface area contributed by atoms with E-state index in [1.165, 1.54) is 37.4 Å². The van der Waals surface area contributed by atoms with Gasteiger partial charge in [0.15, 0.2) is 0 Å². The number of alkyl halides is 3. The van der Waals surface area contributed by atoms with Crippen molar-refractivity contribution >= 4 is 48.9 Å². The maximum atomic E-state index is 13.1. The fraction of sp³-hybridized carbons (Fsp3) is 0.143. The predicted octanol–water partition coefficient (Wildman–Crippen LogP) is 6.26. The van der Waals surface area contributed by atoms with Crippen LogP contribution in [0.1, 0.15) is 5.56 Å². The number of nitrogens with zero attached hydrogens (tertiary/aromatic N) is 2. The fourth-order valence-corrected chi connectivity index (χ4v) is 3.97. The van der Waals surface area contributed by atoms with E-state index in [2.05, 4.69) is 4.98 Å². The highest BCUT2D eigenvalue weighted by Gasteiger charge is 2.31. The summed E-state index contributed by atoms with van der Waals surface area (Å²) in [5.41, 5.74) is -0.429. The van der Waals surface area contributed by atoms with Gasteiger partial charge in [-0.15, -0.1) is 0 Å². The van der Waals surface area contributed by atoms with Gasteiger partial charge in [0.2, 0.25) is 0 Å². The molecule has 1 amide bonds. The molecule has 0 radical (unpaired) electrons. The van der Waals surface area contributed by atoms with E-state index in [0.29, 0.717) is 0 Å². The molecule has 0 aliphatic carbocycles. The number of rotatable bonds is 5. The first kappa shape index (κ1) is 25.6. The van der Waals surface area contributed by atoms with E-state index >= 15 is 0 Å². The van der Waals surface area contributed by atoms with Crippen molar-refractivity contribution in [1.82, 2.24) is 4.98 Å². The SMILES string of the molecule is COC(=O)N(c1ccc(S(=O)(=O)Cl)cn1)c1cc(Cl)c(-c2cccc(C(F)(F)F)c2)cc1OC. The summed E-state index contributed by atoms with van der Waals surface area (Å²) in [6.07, 6.45) is -4.53. The number of carbonyl (C=O) groups is 1. The molecule has 13 heteroatoms. The number of carbonyl (C=O) groups excluding carboxylic acids is 1. The summed E-state index contributed by atoms with van der Waals surface area (Å²) in [7, 11) is 3.64. The Kier molecular flexibility index (Phi) is 7.29. The van der Waals surface area contributed by atoms with Crippen LogP contribution in [-0.4, -0.2) is 33.7 Å². The minimum Gasteiger partial charge on any atom is -0.495 e. The summed E-state index contributed by atoms with van der Waals surface area (Å²) >= 11 is 6.39. The quantitative estimate of drug-likeness (QED) is 0.359. The number of ether oxygens (including phenoxy) is 2. The van der Waals surface area contributed by atoms with E-state index in [4.69, 9.17) is 31.8 Å². The molecule has 0 bridgehead atoms. The highest BCUT2D eigenvalue weighted by molar-refractivity contribution is 8.13. The van der Waals surface area contributed by atoms with Crippen LogP contribution >= 0.6 is 22.3 Å². The number of hydrogen-bond donors (Lipinski definition) is 0. The van der Waals surface area contributed by atoms with Gasteiger partial charge in [0.1, 0.15) is 16.5 Å². The maximum absolute atomic E-state index is 13.1. The molecule has 7 nitrogen and oxygen atoms in total. The Morgan fingerprint density at radius 2 is 1.79 bits per heavy atom. The molecule has 0 saturated carbocycles. The van der Waals surface area contributed by atoms with Gasteiger partial charge in [0.25, 0.3) is 9.05 Å². The third-order valence-corrected chi connectivity index (χ3v) is 6.25. The molecule has 0 aliphatic heterocycles. The number of amides is 1. The Hall–Kier alpha value is -3.02. The van der Waals surface area contributed by atoms with Gasteiger partial charge >= 0.3 is 12.3 Å². The van der Waals surface area contributed by atoms with Crippen LogP contribution in [0.5, 0.6) is 5.75 Å². The molecule has 0 atom stereocenters. The average Bonchev–Trinajstić information content (AvgIpc) is 2.78. The highest BCUT2D eigenvalue weighted by Crippen LogP contribution is 2.42. The van der Waals surface area contributed by atoms with Crippen molar-refractivity contribution in [1.29, 1.82) is 0 Å². The molecule has 0 unspecified atom stereocenters. The van der Waals surface area contributed by atoms with Crippen LogP contribution in [0.2, 0.25) is 5.02 Å². The number of halogens is 5. The Morgan fingerprint density at radius 1 is 1.09 bits per heavy atom. The summed E-state index contributed by atoms with van der Waals surface area (Å²) in [4.78, 5) is 17.2. The zero-order valence-electron chi connectivity index (χ0n) is 17.4. The van der Waals surface area contributed by atoms with Crippen molar-refractivity contribution in [2.45, 2.75) is 11.1 Å². The number of hydrogen-bond acceptors (Lipinski definition) is 6. The molecule has 2 aromatic carbocycles. The molecule has 3 aromatic rings. The van der Waals surface area contributed by atoms with Crippen molar-refractivity contribution in [3.63, 3.8) is 0 Å². The van der Waals surface area contributed by atoms with Crippen molar-refractivity contribution in [2.75, 3.05) is 19.1 Å². The third-order valence-electron chi connectivity index (χ3n) is 4.60. The zero-order valence-corrected chi connectivity index (χ0v) is 19.8. The minimum absolute atomic E-state index is 0.00369. The van der Waals surface area contributed by atoms with E-state index in [-0.39, 0.29) is 38.3 Å². The Morgan fingerprint density at radius 3 is 2.32 bits per heavy atom. The first-order valence-electron chi connectivity index (χ1n) is 9.20. The third kappa shape index (κ3) is 5.37. The largest absolute Gasteiger partial charge is 0.495 e. The molecule has 0 aliphatic rings. The molecule has 180 valence electrons. The van der Waals surface area contributed by atoms with Crippen molar-refractivity contribution in [2.24, 2.45) is 0 Å². The summed E-state index contributed by atoms with van der Waals surface area (Å²) in [6, 6.07) is 9.55. The first-order valence-corrected chi connectivity index (χ1v) is 11.9. The van der Waals surface area contributed by atoms with Gasteiger partial charge in [-0.1, -0.05) is 23.7 Å². The lowest BCUT2D eigenvalue weighted by Gasteiger charge is -2.23. The van der Waals surface area contributed by atoms with Crippen LogP contribution in [0.15, 0.2) is 59.6 Å². The molecule has 1 heterocycles. The number of benzene rings is 2. The summed E-state index contributed by atoms with van der Waals surface area (Å²) in [5, 5.41) is 0.00369. The number of anilines is 2. The van der Waals surface area contributed by atoms with Gasteiger partial charge < -0.3 is 9.47 Å². The molecule has 0 spiro atoms. The van der Waals surface area contributed by atoms with Crippen molar-refractivity contribution < 1.29 is 35.9 Å². The van der Waals surface area contributed by atoms with Crippen molar-refractivity contribution in [3.05, 3.63) is 65.3 Å². The summed E-state index contributed by atoms with van der Waals surface area (Å²) in [6.45, 7) is 0. The Labute approximate surface area is 202 Å². The smallest absolute Gasteiger partial charge is 0.420 e. The predicted molar refractivity (Wildman–Crippen MR) is 120 cm³/mol. The molecular formula is C21H15Cl2F3N2O5S. The number of aromatic nitrogens is 1. The van der Waals surface area contributed by atoms with Gasteiger partial charge in [0.05, 0.1) is 30.5 Å². The van der Waals surface area contributed by atoms with E-state index in [1.807, 2.05) is 0 Å². The van der Waals surface area contributed by atoms with Crippen LogP contribution in [-0.2, 0) is 20.0 Å². The molecule has 0 N–H and O–H groups in total. The molecule has 0 saturated heterocycles. The van der Waals surface area contributed by atoms with Crippen LogP contribution in [0, 0.1) is 0 Å². The van der Waals surface area contributed by atoms with Crippen LogP contribution in [0.4, 0.5) is 29.5 Å². The molecule has 34 heavy (non-hydrogen) atoms. The first-order chi connectivity index (χ1) is 15.9. The lowest BCUT2D eigenvalue weighted by atomic mass is 10.0. The molecule has 3 rings (SSSR count). The molecular weight excluding hydrogens is 520 g/mol. The lowest BCUT2D eigenvalue weighted by molar-refractivity contribution is -0.137. The minimum atomic E-state index is -4.55. The second-order valence-electron chi connectivity index (χ2n) is 6.68. The van der Waals surface area contributed by atoms with E-state index in [0.717, 1.165) is 36.4 Å². The monoisotopic (exact) mass is 534 g/mol. The van der Waals surface area contributed by atoms with Gasteiger partial charge in [-0.05, 0) is 42.0 Å². The fourth-order valence-electron chi connectivity index (χ4n) is 3.02. The van der Waals surface area contributed by atoms with Crippen LogP contribution in [0.25, 0.3) is 11.1 Å². The summed E-state index contributed by atoms with van der Waals surface area (Å²) in [5.74, 6) is -0.00449. The number of pyridine rings is 1. The van der Waals surface area contributed by atoms with Crippen molar-refractivity contribution in [3.8, 4) is 16.9 Å². The Bertz CT molecular complexity index is 1330. The molecule has 0 fully saturated rings. The number of methoxy groups -OCH3 is 2. The van der Waals surface area contributed by atoms with Gasteiger partial charge in [-0.25, -0.2) is 23.1 Å². The van der Waals surface area contributed by atoms with Gasteiger partial charge in [-0.3, -0.25) is 0 Å². The second kappa shape index (κ2) is 9.69. The van der Waals surface area contributed by atoms with E-state index in [1.54, 1.807) is 0 Å². The van der Waals surface area contributed by atoms with E-state index in [9.17, 15) is 26.4 Å². The second-order valence-corrected chi connectivity index (χ2v) is 9.65. The van der Waals surface area contributed by atoms with E-state index < -0.39 is 26.9 Å². The lowest BCUT2D eigenvalue weighted by Crippen LogP contribution is -2.27. The topological polar surface area (TPSA) is 85.8 Å². The van der Waals surface area contributed by atoms with Crippen LogP contribution < -0.4 is 9.64 Å². The van der Waals surface area contributed by atoms with Gasteiger partial charge in [0, 0.05) is 22.4 Å². The van der Waals surface area contributed by atoms with Crippen LogP contribution in [0.3, 0.4) is 0 Å². The standard InChI is InChI=1S/C21H15Cl2F3N2O5S/c1-32-18-9-15(12-4-3-5-13(8-12)21(24,25)26)16(22)10-17(18)28(20(29)33-2)19-7-6-14(11-27-19)34(23,30)31/h3-11H,1-2H3. The van der Waals surface area contributed by atoms with Gasteiger partial charge in [-0.2, -0.15) is 13.2 Å². The molecule has 1 aromatic heterocycles. The Balaban J connectivity index is 2.16. The summed E-state index contributed by atoms with van der Waals surface area (Å²) < 4.78 is 72.6. The maximum Gasteiger partial charge on any atom is 0.420 e. The highest BCUT2D eigenvalue weighted by atomic mass is 35.7. The normalized spacial score (nSPS) is 11.7. The zero-order chi connectivity index (χ0) is 25.3.